The minimum absolute atomic E-state index is 0.222. The predicted octanol–water partition coefficient (Wildman–Crippen LogP) is 2.81. The molecule has 19 heavy (non-hydrogen) atoms. The van der Waals surface area contributed by atoms with E-state index < -0.39 is 5.97 Å². The second kappa shape index (κ2) is 8.54. The summed E-state index contributed by atoms with van der Waals surface area (Å²) in [6, 6.07) is 1.02. The van der Waals surface area contributed by atoms with Gasteiger partial charge in [0.25, 0.3) is 0 Å². The van der Waals surface area contributed by atoms with Crippen LogP contribution in [0.5, 0.6) is 0 Å². The smallest absolute Gasteiger partial charge is 0.306 e. The first-order chi connectivity index (χ1) is 9.02. The van der Waals surface area contributed by atoms with Gasteiger partial charge in [0, 0.05) is 19.2 Å². The topological polar surface area (TPSA) is 58.6 Å². The quantitative estimate of drug-likeness (QED) is 0.712. The van der Waals surface area contributed by atoms with E-state index in [0.29, 0.717) is 18.2 Å². The molecule has 0 bridgehead atoms. The van der Waals surface area contributed by atoms with Crippen LogP contribution in [0.3, 0.4) is 0 Å². The molecule has 0 aromatic carbocycles. The lowest BCUT2D eigenvalue weighted by atomic mass is 9.92. The Labute approximate surface area is 116 Å². The largest absolute Gasteiger partial charge is 0.481 e. The molecule has 4 nitrogen and oxygen atoms in total. The molecule has 1 rings (SSSR count). The maximum Gasteiger partial charge on any atom is 0.306 e. The number of methoxy groups -OCH3 is 1. The Kier molecular flexibility index (Phi) is 7.39. The molecule has 1 fully saturated rings. The Morgan fingerprint density at radius 2 is 2.11 bits per heavy atom. The molecular formula is C15H29NO3. The van der Waals surface area contributed by atoms with E-state index >= 15 is 0 Å². The fraction of sp³-hybridized carbons (Fsp3) is 0.933. The molecule has 1 saturated carbocycles. The van der Waals surface area contributed by atoms with E-state index in [1.165, 1.54) is 19.3 Å². The summed E-state index contributed by atoms with van der Waals surface area (Å²) in [4.78, 5) is 10.7. The molecule has 1 aliphatic carbocycles. The molecule has 112 valence electrons. The number of aliphatic carboxylic acids is 1. The summed E-state index contributed by atoms with van der Waals surface area (Å²) in [7, 11) is 1.80. The summed E-state index contributed by atoms with van der Waals surface area (Å²) in [6.45, 7) is 3.98. The molecule has 0 aromatic rings. The van der Waals surface area contributed by atoms with Crippen molar-refractivity contribution >= 4 is 5.97 Å². The molecular weight excluding hydrogens is 242 g/mol. The molecule has 1 aliphatic rings. The number of carbonyl (C=O) groups is 1. The van der Waals surface area contributed by atoms with Crippen LogP contribution in [0.2, 0.25) is 0 Å². The summed E-state index contributed by atoms with van der Waals surface area (Å²) >= 11 is 0. The van der Waals surface area contributed by atoms with Crippen molar-refractivity contribution in [2.45, 2.75) is 77.0 Å². The second-order valence-electron chi connectivity index (χ2n) is 5.96. The first kappa shape index (κ1) is 16.4. The van der Waals surface area contributed by atoms with Gasteiger partial charge in [-0.05, 0) is 45.4 Å². The van der Waals surface area contributed by atoms with Crippen LogP contribution in [-0.2, 0) is 9.53 Å². The highest BCUT2D eigenvalue weighted by Crippen LogP contribution is 2.21. The van der Waals surface area contributed by atoms with Gasteiger partial charge in [-0.15, -0.1) is 0 Å². The zero-order valence-corrected chi connectivity index (χ0v) is 12.5. The van der Waals surface area contributed by atoms with Gasteiger partial charge >= 0.3 is 5.97 Å². The number of nitrogens with one attached hydrogen (secondary N) is 1. The Morgan fingerprint density at radius 1 is 1.37 bits per heavy atom. The maximum atomic E-state index is 10.7. The third kappa shape index (κ3) is 6.39. The van der Waals surface area contributed by atoms with Crippen LogP contribution in [0.1, 0.15) is 58.8 Å². The normalized spacial score (nSPS) is 26.9. The summed E-state index contributed by atoms with van der Waals surface area (Å²) < 4.78 is 5.44. The van der Waals surface area contributed by atoms with Crippen molar-refractivity contribution in [1.29, 1.82) is 0 Å². The standard InChI is InChI=1S/C15H29NO3/c1-11(15(17)18)6-4-7-12(2)16-13-8-5-9-14(10-13)19-3/h11-14,16H,4-10H2,1-3H3,(H,17,18). The highest BCUT2D eigenvalue weighted by Gasteiger charge is 2.22. The van der Waals surface area contributed by atoms with Gasteiger partial charge in [-0.1, -0.05) is 13.3 Å². The predicted molar refractivity (Wildman–Crippen MR) is 76.3 cm³/mol. The molecule has 0 aromatic heterocycles. The van der Waals surface area contributed by atoms with Crippen LogP contribution in [-0.4, -0.2) is 36.4 Å². The molecule has 0 radical (unpaired) electrons. The van der Waals surface area contributed by atoms with E-state index in [4.69, 9.17) is 9.84 Å². The number of carboxylic acids is 1. The first-order valence-electron chi connectivity index (χ1n) is 7.54. The molecule has 4 atom stereocenters. The van der Waals surface area contributed by atoms with Crippen LogP contribution in [0.4, 0.5) is 0 Å². The number of rotatable bonds is 8. The fourth-order valence-corrected chi connectivity index (χ4v) is 2.85. The van der Waals surface area contributed by atoms with Crippen LogP contribution >= 0.6 is 0 Å². The van der Waals surface area contributed by atoms with E-state index in [9.17, 15) is 4.79 Å². The molecule has 0 saturated heterocycles. The molecule has 0 aliphatic heterocycles. The lowest BCUT2D eigenvalue weighted by Gasteiger charge is -2.31. The molecule has 0 amide bonds. The van der Waals surface area contributed by atoms with E-state index in [1.807, 2.05) is 0 Å². The van der Waals surface area contributed by atoms with E-state index in [0.717, 1.165) is 25.7 Å². The van der Waals surface area contributed by atoms with Crippen molar-refractivity contribution in [2.75, 3.05) is 7.11 Å². The monoisotopic (exact) mass is 271 g/mol. The molecule has 0 spiro atoms. The fourth-order valence-electron chi connectivity index (χ4n) is 2.85. The van der Waals surface area contributed by atoms with Crippen LogP contribution in [0, 0.1) is 5.92 Å². The summed E-state index contributed by atoms with van der Waals surface area (Å²) in [5, 5.41) is 12.5. The van der Waals surface area contributed by atoms with E-state index in [-0.39, 0.29) is 5.92 Å². The second-order valence-corrected chi connectivity index (χ2v) is 5.96. The summed E-state index contributed by atoms with van der Waals surface area (Å²) in [6.07, 6.45) is 7.95. The van der Waals surface area contributed by atoms with Crippen molar-refractivity contribution in [1.82, 2.24) is 5.32 Å². The summed E-state index contributed by atoms with van der Waals surface area (Å²) in [5.74, 6) is -0.907. The van der Waals surface area contributed by atoms with E-state index in [2.05, 4.69) is 12.2 Å². The SMILES string of the molecule is COC1CCCC(NC(C)CCCC(C)C(=O)O)C1. The number of ether oxygens (including phenoxy) is 1. The lowest BCUT2D eigenvalue weighted by Crippen LogP contribution is -2.41. The molecule has 2 N–H and O–H groups in total. The lowest BCUT2D eigenvalue weighted by molar-refractivity contribution is -0.141. The van der Waals surface area contributed by atoms with Gasteiger partial charge in [-0.25, -0.2) is 0 Å². The Hall–Kier alpha value is -0.610. The van der Waals surface area contributed by atoms with Gasteiger partial charge in [0.1, 0.15) is 0 Å². The average molecular weight is 271 g/mol. The number of carboxylic acid groups (broad SMARTS) is 1. The zero-order valence-electron chi connectivity index (χ0n) is 12.5. The van der Waals surface area contributed by atoms with Gasteiger partial charge in [0.15, 0.2) is 0 Å². The van der Waals surface area contributed by atoms with E-state index in [1.54, 1.807) is 14.0 Å². The minimum Gasteiger partial charge on any atom is -0.481 e. The van der Waals surface area contributed by atoms with Crippen molar-refractivity contribution < 1.29 is 14.6 Å². The van der Waals surface area contributed by atoms with Gasteiger partial charge in [0.2, 0.25) is 0 Å². The third-order valence-corrected chi connectivity index (χ3v) is 4.18. The molecule has 0 heterocycles. The highest BCUT2D eigenvalue weighted by atomic mass is 16.5. The molecule has 4 heteroatoms. The van der Waals surface area contributed by atoms with Crippen LogP contribution < -0.4 is 5.32 Å². The number of hydrogen-bond donors (Lipinski definition) is 2. The Bertz CT molecular complexity index is 270. The third-order valence-electron chi connectivity index (χ3n) is 4.18. The minimum atomic E-state index is -0.684. The summed E-state index contributed by atoms with van der Waals surface area (Å²) in [5.41, 5.74) is 0. The molecule has 4 unspecified atom stereocenters. The highest BCUT2D eigenvalue weighted by molar-refractivity contribution is 5.69. The van der Waals surface area contributed by atoms with Crippen LogP contribution in [0.15, 0.2) is 0 Å². The van der Waals surface area contributed by atoms with Crippen molar-refractivity contribution in [3.05, 3.63) is 0 Å². The van der Waals surface area contributed by atoms with Crippen molar-refractivity contribution in [3.63, 3.8) is 0 Å². The Morgan fingerprint density at radius 3 is 2.74 bits per heavy atom. The number of hydrogen-bond acceptors (Lipinski definition) is 3. The zero-order chi connectivity index (χ0) is 14.3. The van der Waals surface area contributed by atoms with Gasteiger partial charge in [0.05, 0.1) is 12.0 Å². The van der Waals surface area contributed by atoms with Gasteiger partial charge in [-0.3, -0.25) is 4.79 Å². The van der Waals surface area contributed by atoms with Gasteiger partial charge < -0.3 is 15.2 Å². The van der Waals surface area contributed by atoms with Crippen molar-refractivity contribution in [3.8, 4) is 0 Å². The average Bonchev–Trinajstić information content (AvgIpc) is 2.38. The first-order valence-corrected chi connectivity index (χ1v) is 7.54. The van der Waals surface area contributed by atoms with Crippen molar-refractivity contribution in [2.24, 2.45) is 5.92 Å². The maximum absolute atomic E-state index is 10.7. The van der Waals surface area contributed by atoms with Gasteiger partial charge in [-0.2, -0.15) is 0 Å². The van der Waals surface area contributed by atoms with Crippen LogP contribution in [0.25, 0.3) is 0 Å². The Balaban J connectivity index is 2.16.